The number of thioether (sulfide) groups is 1. The summed E-state index contributed by atoms with van der Waals surface area (Å²) in [4.78, 5) is 11.0. The summed E-state index contributed by atoms with van der Waals surface area (Å²) < 4.78 is 5.19. The predicted octanol–water partition coefficient (Wildman–Crippen LogP) is 2.08. The first-order valence-electron chi connectivity index (χ1n) is 5.21. The van der Waals surface area contributed by atoms with E-state index in [9.17, 15) is 9.90 Å². The molecule has 0 saturated carbocycles. The Hall–Kier alpha value is -0.940. The van der Waals surface area contributed by atoms with Gasteiger partial charge >= 0.3 is 5.97 Å². The summed E-state index contributed by atoms with van der Waals surface area (Å²) in [7, 11) is 0. The summed E-state index contributed by atoms with van der Waals surface area (Å²) in [5.41, 5.74) is -1.09. The first-order chi connectivity index (χ1) is 7.55. The van der Waals surface area contributed by atoms with Gasteiger partial charge in [0.15, 0.2) is 5.76 Å². The van der Waals surface area contributed by atoms with Gasteiger partial charge in [0.05, 0.1) is 6.26 Å². The number of furan rings is 1. The van der Waals surface area contributed by atoms with Crippen LogP contribution in [0.1, 0.15) is 35.9 Å². The molecule has 2 unspecified atom stereocenters. The Balaban J connectivity index is 2.41. The van der Waals surface area contributed by atoms with Gasteiger partial charge < -0.3 is 14.6 Å². The van der Waals surface area contributed by atoms with E-state index in [1.165, 1.54) is 12.3 Å². The van der Waals surface area contributed by atoms with Gasteiger partial charge in [-0.1, -0.05) is 6.92 Å². The number of hydrogen-bond acceptors (Lipinski definition) is 4. The summed E-state index contributed by atoms with van der Waals surface area (Å²) in [5.74, 6) is 0.131. The van der Waals surface area contributed by atoms with E-state index < -0.39 is 11.6 Å². The molecule has 2 atom stereocenters. The zero-order chi connectivity index (χ0) is 11.8. The Labute approximate surface area is 97.6 Å². The van der Waals surface area contributed by atoms with Gasteiger partial charge in [-0.15, -0.1) is 0 Å². The van der Waals surface area contributed by atoms with Crippen molar-refractivity contribution in [2.75, 3.05) is 5.75 Å². The molecule has 5 heteroatoms. The molecule has 2 heterocycles. The van der Waals surface area contributed by atoms with Crippen LogP contribution in [0.25, 0.3) is 0 Å². The molecule has 2 N–H and O–H groups in total. The second-order valence-corrected chi connectivity index (χ2v) is 5.46. The van der Waals surface area contributed by atoms with Crippen LogP contribution in [-0.2, 0) is 5.60 Å². The lowest BCUT2D eigenvalue weighted by Crippen LogP contribution is -2.39. The molecule has 4 nitrogen and oxygen atoms in total. The van der Waals surface area contributed by atoms with Crippen LogP contribution in [0.4, 0.5) is 0 Å². The van der Waals surface area contributed by atoms with Crippen LogP contribution >= 0.6 is 11.8 Å². The van der Waals surface area contributed by atoms with E-state index in [1.54, 1.807) is 11.8 Å². The van der Waals surface area contributed by atoms with Crippen LogP contribution in [0.15, 0.2) is 16.7 Å². The van der Waals surface area contributed by atoms with Gasteiger partial charge in [0.2, 0.25) is 0 Å². The van der Waals surface area contributed by atoms with Crippen LogP contribution < -0.4 is 0 Å². The normalized spacial score (nSPS) is 30.2. The van der Waals surface area contributed by atoms with Crippen LogP contribution in [0.3, 0.4) is 0 Å². The molecule has 1 aliphatic heterocycles. The zero-order valence-corrected chi connectivity index (χ0v) is 9.79. The fourth-order valence-corrected chi connectivity index (χ4v) is 3.22. The van der Waals surface area contributed by atoms with Crippen LogP contribution in [0, 0.1) is 0 Å². The van der Waals surface area contributed by atoms with E-state index in [0.29, 0.717) is 6.42 Å². The average Bonchev–Trinajstić information content (AvgIpc) is 2.72. The minimum Gasteiger partial charge on any atom is -0.478 e. The van der Waals surface area contributed by atoms with Crippen molar-refractivity contribution in [1.29, 1.82) is 0 Å². The quantitative estimate of drug-likeness (QED) is 0.830. The van der Waals surface area contributed by atoms with E-state index in [0.717, 1.165) is 12.2 Å². The van der Waals surface area contributed by atoms with Crippen molar-refractivity contribution in [3.05, 3.63) is 23.7 Å². The summed E-state index contributed by atoms with van der Waals surface area (Å²) in [6.45, 7) is 1.90. The van der Waals surface area contributed by atoms with Crippen molar-refractivity contribution in [3.63, 3.8) is 0 Å². The fourth-order valence-electron chi connectivity index (χ4n) is 2.05. The van der Waals surface area contributed by atoms with E-state index in [4.69, 9.17) is 9.52 Å². The lowest BCUT2D eigenvalue weighted by atomic mass is 9.89. The van der Waals surface area contributed by atoms with Crippen molar-refractivity contribution >= 4 is 17.7 Å². The van der Waals surface area contributed by atoms with Gasteiger partial charge in [0.1, 0.15) is 11.2 Å². The van der Waals surface area contributed by atoms with Crippen LogP contribution in [-0.4, -0.2) is 27.2 Å². The van der Waals surface area contributed by atoms with Crippen LogP contribution in [0.5, 0.6) is 0 Å². The molecule has 1 aliphatic rings. The maximum Gasteiger partial charge on any atom is 0.339 e. The monoisotopic (exact) mass is 242 g/mol. The maximum atomic E-state index is 11.0. The van der Waals surface area contributed by atoms with Crippen molar-refractivity contribution in [2.45, 2.75) is 30.6 Å². The molecule has 16 heavy (non-hydrogen) atoms. The summed E-state index contributed by atoms with van der Waals surface area (Å²) in [6.07, 6.45) is 2.74. The molecule has 0 aromatic carbocycles. The molecule has 0 bridgehead atoms. The molecule has 2 rings (SSSR count). The van der Waals surface area contributed by atoms with E-state index in [2.05, 4.69) is 0 Å². The SMILES string of the molecule is CC1SCCCC1(O)c1occc1C(=O)O. The molecular formula is C11H14O4S. The smallest absolute Gasteiger partial charge is 0.339 e. The number of hydrogen-bond donors (Lipinski definition) is 2. The van der Waals surface area contributed by atoms with Gasteiger partial charge in [-0.25, -0.2) is 4.79 Å². The summed E-state index contributed by atoms with van der Waals surface area (Å²) in [5, 5.41) is 19.5. The highest BCUT2D eigenvalue weighted by Gasteiger charge is 2.43. The Morgan fingerprint density at radius 3 is 3.06 bits per heavy atom. The van der Waals surface area contributed by atoms with Crippen molar-refractivity contribution in [3.8, 4) is 0 Å². The number of aromatic carboxylic acids is 1. The Morgan fingerprint density at radius 2 is 2.44 bits per heavy atom. The molecule has 0 amide bonds. The predicted molar refractivity (Wildman–Crippen MR) is 60.7 cm³/mol. The highest BCUT2D eigenvalue weighted by molar-refractivity contribution is 8.00. The molecule has 0 spiro atoms. The van der Waals surface area contributed by atoms with Crippen molar-refractivity contribution in [1.82, 2.24) is 0 Å². The Kier molecular flexibility index (Phi) is 2.99. The second-order valence-electron chi connectivity index (χ2n) is 4.01. The number of carbonyl (C=O) groups is 1. The van der Waals surface area contributed by atoms with Crippen LogP contribution in [0.2, 0.25) is 0 Å². The van der Waals surface area contributed by atoms with Gasteiger partial charge in [0.25, 0.3) is 0 Å². The third kappa shape index (κ3) is 1.74. The van der Waals surface area contributed by atoms with E-state index in [-0.39, 0.29) is 16.6 Å². The Morgan fingerprint density at radius 1 is 1.69 bits per heavy atom. The molecule has 0 radical (unpaired) electrons. The lowest BCUT2D eigenvalue weighted by Gasteiger charge is -2.36. The number of carboxylic acids is 1. The number of rotatable bonds is 2. The molecular weight excluding hydrogens is 228 g/mol. The average molecular weight is 242 g/mol. The molecule has 1 aromatic heterocycles. The third-order valence-electron chi connectivity index (χ3n) is 3.03. The molecule has 1 saturated heterocycles. The van der Waals surface area contributed by atoms with Crippen molar-refractivity contribution < 1.29 is 19.4 Å². The lowest BCUT2D eigenvalue weighted by molar-refractivity contribution is 0.00258. The summed E-state index contributed by atoms with van der Waals surface area (Å²) in [6, 6.07) is 1.39. The Bertz CT molecular complexity index is 400. The van der Waals surface area contributed by atoms with Gasteiger partial charge in [-0.2, -0.15) is 11.8 Å². The van der Waals surface area contributed by atoms with Gasteiger partial charge in [0, 0.05) is 5.25 Å². The minimum absolute atomic E-state index is 0.0505. The zero-order valence-electron chi connectivity index (χ0n) is 8.97. The first-order valence-corrected chi connectivity index (χ1v) is 6.26. The highest BCUT2D eigenvalue weighted by Crippen LogP contribution is 2.42. The second kappa shape index (κ2) is 4.14. The number of aliphatic hydroxyl groups is 1. The first kappa shape index (κ1) is 11.5. The van der Waals surface area contributed by atoms with Crippen molar-refractivity contribution in [2.24, 2.45) is 0 Å². The third-order valence-corrected chi connectivity index (χ3v) is 4.45. The minimum atomic E-state index is -1.15. The largest absolute Gasteiger partial charge is 0.478 e. The van der Waals surface area contributed by atoms with Gasteiger partial charge in [-0.05, 0) is 24.7 Å². The van der Waals surface area contributed by atoms with E-state index >= 15 is 0 Å². The maximum absolute atomic E-state index is 11.0. The standard InChI is InChI=1S/C11H14O4S/c1-7-11(14,4-2-6-16-7)9-8(10(12)13)3-5-15-9/h3,5,7,14H,2,4,6H2,1H3,(H,12,13). The van der Waals surface area contributed by atoms with E-state index in [1.807, 2.05) is 6.92 Å². The highest BCUT2D eigenvalue weighted by atomic mass is 32.2. The molecule has 1 aromatic rings. The summed E-state index contributed by atoms with van der Waals surface area (Å²) >= 11 is 1.64. The number of carboxylic acid groups (broad SMARTS) is 1. The van der Waals surface area contributed by atoms with Gasteiger partial charge in [-0.3, -0.25) is 0 Å². The fraction of sp³-hybridized carbons (Fsp3) is 0.545. The topological polar surface area (TPSA) is 70.7 Å². The molecule has 1 fully saturated rings. The molecule has 0 aliphatic carbocycles. The molecule has 88 valence electrons.